The highest BCUT2D eigenvalue weighted by atomic mass is 16.5. The molecule has 0 spiro atoms. The molecule has 2 aliphatic rings. The summed E-state index contributed by atoms with van der Waals surface area (Å²) in [5.41, 5.74) is 3.42. The molecule has 1 aliphatic heterocycles. The summed E-state index contributed by atoms with van der Waals surface area (Å²) in [6.07, 6.45) is 4.82. The number of benzene rings is 1. The molecule has 1 saturated heterocycles. The molecule has 4 rings (SSSR count). The number of carbonyl (C=O) groups excluding carboxylic acids is 2. The van der Waals surface area contributed by atoms with E-state index in [2.05, 4.69) is 13.8 Å². The minimum Gasteiger partial charge on any atom is -0.452 e. The number of hydrogen-bond acceptors (Lipinski definition) is 4. The van der Waals surface area contributed by atoms with Crippen LogP contribution in [-0.4, -0.2) is 41.5 Å². The van der Waals surface area contributed by atoms with Gasteiger partial charge >= 0.3 is 5.97 Å². The van der Waals surface area contributed by atoms with Crippen LogP contribution in [0.2, 0.25) is 0 Å². The van der Waals surface area contributed by atoms with Crippen molar-refractivity contribution in [3.05, 3.63) is 41.1 Å². The third kappa shape index (κ3) is 3.75. The minimum atomic E-state index is -0.400. The standard InChI is InChI=1S/C23H28N2O3/c1-15-9-11-25(12-10-15)21(26)14-28-23(27)22-17-5-3-4-6-19(17)24-20-8-7-16(2)13-18(20)22/h3-6,15-16H,7-14H2,1-2H3. The van der Waals surface area contributed by atoms with E-state index >= 15 is 0 Å². The smallest absolute Gasteiger partial charge is 0.339 e. The third-order valence-electron chi connectivity index (χ3n) is 6.17. The van der Waals surface area contributed by atoms with E-state index in [0.717, 1.165) is 67.4 Å². The van der Waals surface area contributed by atoms with Gasteiger partial charge in [0.15, 0.2) is 6.61 Å². The summed E-state index contributed by atoms with van der Waals surface area (Å²) < 4.78 is 5.52. The molecule has 2 heterocycles. The predicted octanol–water partition coefficient (Wildman–Crippen LogP) is 3.77. The van der Waals surface area contributed by atoms with Gasteiger partial charge in [-0.05, 0) is 55.6 Å². The molecule has 1 unspecified atom stereocenters. The Morgan fingerprint density at radius 3 is 2.64 bits per heavy atom. The van der Waals surface area contributed by atoms with Crippen LogP contribution in [0, 0.1) is 11.8 Å². The van der Waals surface area contributed by atoms with E-state index in [1.807, 2.05) is 29.2 Å². The summed E-state index contributed by atoms with van der Waals surface area (Å²) in [7, 11) is 0. The van der Waals surface area contributed by atoms with Crippen molar-refractivity contribution in [3.8, 4) is 0 Å². The quantitative estimate of drug-likeness (QED) is 0.761. The first-order chi connectivity index (χ1) is 13.5. The number of aromatic nitrogens is 1. The summed E-state index contributed by atoms with van der Waals surface area (Å²) in [5.74, 6) is 0.672. The van der Waals surface area contributed by atoms with Gasteiger partial charge in [0, 0.05) is 24.2 Å². The highest BCUT2D eigenvalue weighted by Crippen LogP contribution is 2.32. The zero-order valence-electron chi connectivity index (χ0n) is 16.7. The topological polar surface area (TPSA) is 59.5 Å². The van der Waals surface area contributed by atoms with Gasteiger partial charge in [-0.15, -0.1) is 0 Å². The van der Waals surface area contributed by atoms with Gasteiger partial charge in [0.2, 0.25) is 0 Å². The van der Waals surface area contributed by atoms with Crippen molar-refractivity contribution in [3.63, 3.8) is 0 Å². The molecule has 2 aromatic rings. The summed E-state index contributed by atoms with van der Waals surface area (Å²) in [6, 6.07) is 7.71. The van der Waals surface area contributed by atoms with Crippen LogP contribution in [-0.2, 0) is 22.4 Å². The highest BCUT2D eigenvalue weighted by Gasteiger charge is 2.27. The molecule has 1 aromatic carbocycles. The fraction of sp³-hybridized carbons (Fsp3) is 0.522. The van der Waals surface area contributed by atoms with Crippen LogP contribution in [0.4, 0.5) is 0 Å². The van der Waals surface area contributed by atoms with Gasteiger partial charge in [-0.3, -0.25) is 9.78 Å². The zero-order chi connectivity index (χ0) is 19.7. The van der Waals surface area contributed by atoms with Gasteiger partial charge in [-0.2, -0.15) is 0 Å². The Bertz CT molecular complexity index is 900. The number of carbonyl (C=O) groups is 2. The van der Waals surface area contributed by atoms with Crippen LogP contribution in [0.1, 0.15) is 54.7 Å². The maximum absolute atomic E-state index is 13.1. The fourth-order valence-corrected chi connectivity index (χ4v) is 4.34. The van der Waals surface area contributed by atoms with E-state index in [1.165, 1.54) is 0 Å². The second-order valence-electron chi connectivity index (χ2n) is 8.42. The van der Waals surface area contributed by atoms with Crippen molar-refractivity contribution in [2.24, 2.45) is 11.8 Å². The number of ether oxygens (including phenoxy) is 1. The number of likely N-dealkylation sites (tertiary alicyclic amines) is 1. The van der Waals surface area contributed by atoms with Crippen LogP contribution in [0.3, 0.4) is 0 Å². The summed E-state index contributed by atoms with van der Waals surface area (Å²) in [5, 5.41) is 0.819. The average Bonchev–Trinajstić information content (AvgIpc) is 2.70. The number of rotatable bonds is 3. The van der Waals surface area contributed by atoms with Crippen molar-refractivity contribution >= 4 is 22.8 Å². The molecule has 1 aromatic heterocycles. The Morgan fingerprint density at radius 2 is 1.86 bits per heavy atom. The monoisotopic (exact) mass is 380 g/mol. The van der Waals surface area contributed by atoms with Crippen molar-refractivity contribution in [2.45, 2.75) is 46.0 Å². The van der Waals surface area contributed by atoms with E-state index in [0.29, 0.717) is 17.4 Å². The molecule has 0 saturated carbocycles. The summed E-state index contributed by atoms with van der Waals surface area (Å²) in [6.45, 7) is 5.73. The number of esters is 1. The van der Waals surface area contributed by atoms with E-state index in [1.54, 1.807) is 0 Å². The van der Waals surface area contributed by atoms with Crippen molar-refractivity contribution in [1.82, 2.24) is 9.88 Å². The predicted molar refractivity (Wildman–Crippen MR) is 108 cm³/mol. The fourth-order valence-electron chi connectivity index (χ4n) is 4.34. The number of amides is 1. The Kier molecular flexibility index (Phi) is 5.33. The van der Waals surface area contributed by atoms with Crippen LogP contribution < -0.4 is 0 Å². The van der Waals surface area contributed by atoms with Gasteiger partial charge in [0.1, 0.15) is 0 Å². The van der Waals surface area contributed by atoms with E-state index < -0.39 is 5.97 Å². The molecule has 5 nitrogen and oxygen atoms in total. The van der Waals surface area contributed by atoms with Gasteiger partial charge in [-0.1, -0.05) is 32.0 Å². The molecule has 0 N–H and O–H groups in total. The lowest BCUT2D eigenvalue weighted by Gasteiger charge is -2.30. The molecular weight excluding hydrogens is 352 g/mol. The molecule has 1 aliphatic carbocycles. The van der Waals surface area contributed by atoms with Crippen molar-refractivity contribution < 1.29 is 14.3 Å². The Hall–Kier alpha value is -2.43. The van der Waals surface area contributed by atoms with Gasteiger partial charge < -0.3 is 9.64 Å². The van der Waals surface area contributed by atoms with Crippen LogP contribution in [0.5, 0.6) is 0 Å². The highest BCUT2D eigenvalue weighted by molar-refractivity contribution is 6.05. The number of hydrogen-bond donors (Lipinski definition) is 0. The molecule has 5 heteroatoms. The maximum Gasteiger partial charge on any atom is 0.339 e. The van der Waals surface area contributed by atoms with Crippen LogP contribution in [0.15, 0.2) is 24.3 Å². The lowest BCUT2D eigenvalue weighted by molar-refractivity contribution is -0.135. The minimum absolute atomic E-state index is 0.0964. The molecular formula is C23H28N2O3. The first-order valence-electron chi connectivity index (χ1n) is 10.4. The summed E-state index contributed by atoms with van der Waals surface area (Å²) in [4.78, 5) is 32.1. The van der Waals surface area contributed by atoms with E-state index in [9.17, 15) is 9.59 Å². The Balaban J connectivity index is 1.57. The SMILES string of the molecule is CC1CCN(C(=O)COC(=O)c2c3c(nc4ccccc24)CCC(C)C3)CC1. The first-order valence-corrected chi connectivity index (χ1v) is 10.4. The van der Waals surface area contributed by atoms with Gasteiger partial charge in [0.05, 0.1) is 11.1 Å². The van der Waals surface area contributed by atoms with E-state index in [4.69, 9.17) is 9.72 Å². The maximum atomic E-state index is 13.1. The van der Waals surface area contributed by atoms with Crippen molar-refractivity contribution in [2.75, 3.05) is 19.7 Å². The normalized spacial score (nSPS) is 20.1. The number of aryl methyl sites for hydroxylation is 1. The first kappa shape index (κ1) is 18.9. The zero-order valence-corrected chi connectivity index (χ0v) is 16.7. The lowest BCUT2D eigenvalue weighted by atomic mass is 9.84. The molecule has 28 heavy (non-hydrogen) atoms. The lowest BCUT2D eigenvalue weighted by Crippen LogP contribution is -2.40. The number of para-hydroxylation sites is 1. The third-order valence-corrected chi connectivity index (χ3v) is 6.17. The van der Waals surface area contributed by atoms with Crippen molar-refractivity contribution in [1.29, 1.82) is 0 Å². The number of pyridine rings is 1. The Labute approximate surface area is 166 Å². The van der Waals surface area contributed by atoms with Crippen LogP contribution >= 0.6 is 0 Å². The molecule has 148 valence electrons. The molecule has 1 atom stereocenters. The van der Waals surface area contributed by atoms with Gasteiger partial charge in [-0.25, -0.2) is 4.79 Å². The Morgan fingerprint density at radius 1 is 1.11 bits per heavy atom. The number of piperidine rings is 1. The molecule has 1 fully saturated rings. The largest absolute Gasteiger partial charge is 0.452 e. The second-order valence-corrected chi connectivity index (χ2v) is 8.42. The average molecular weight is 380 g/mol. The van der Waals surface area contributed by atoms with E-state index in [-0.39, 0.29) is 12.5 Å². The molecule has 0 radical (unpaired) electrons. The molecule has 1 amide bonds. The molecule has 0 bridgehead atoms. The number of nitrogens with zero attached hydrogens (tertiary/aromatic N) is 2. The van der Waals surface area contributed by atoms with Gasteiger partial charge in [0.25, 0.3) is 5.91 Å². The second kappa shape index (κ2) is 7.90. The van der Waals surface area contributed by atoms with Crippen LogP contribution in [0.25, 0.3) is 10.9 Å². The summed E-state index contributed by atoms with van der Waals surface area (Å²) >= 11 is 0. The number of fused-ring (bicyclic) bond motifs is 2.